The first-order valence-electron chi connectivity index (χ1n) is 7.07. The molecule has 0 radical (unpaired) electrons. The van der Waals surface area contributed by atoms with Gasteiger partial charge in [0, 0.05) is 20.2 Å². The number of nitrogens with zero attached hydrogens (tertiary/aromatic N) is 1. The van der Waals surface area contributed by atoms with E-state index in [4.69, 9.17) is 10.5 Å². The normalized spacial score (nSPS) is 15.1. The number of anilines is 1. The van der Waals surface area contributed by atoms with E-state index in [0.717, 1.165) is 25.9 Å². The molecule has 2 amide bonds. The Morgan fingerprint density at radius 3 is 2.59 bits per heavy atom. The van der Waals surface area contributed by atoms with Gasteiger partial charge in [-0.2, -0.15) is 0 Å². The summed E-state index contributed by atoms with van der Waals surface area (Å²) in [4.78, 5) is 26.2. The summed E-state index contributed by atoms with van der Waals surface area (Å²) < 4.78 is 4.86. The maximum Gasteiger partial charge on any atom is 0.255 e. The van der Waals surface area contributed by atoms with Gasteiger partial charge in [-0.05, 0) is 25.0 Å². The molecule has 1 fully saturated rings. The minimum atomic E-state index is -0.759. The summed E-state index contributed by atoms with van der Waals surface area (Å²) in [5.74, 6) is -0.415. The van der Waals surface area contributed by atoms with Crippen LogP contribution in [0.4, 0.5) is 5.69 Å². The summed E-state index contributed by atoms with van der Waals surface area (Å²) in [6.07, 6.45) is 2.05. The number of para-hydroxylation sites is 1. The molecule has 1 unspecified atom stereocenters. The number of benzene rings is 1. The third-order valence-electron chi connectivity index (χ3n) is 3.49. The van der Waals surface area contributed by atoms with Crippen molar-refractivity contribution in [3.63, 3.8) is 0 Å². The molecule has 1 atom stereocenters. The minimum absolute atomic E-state index is 0. The molecule has 0 spiro atoms. The van der Waals surface area contributed by atoms with E-state index in [1.54, 1.807) is 29.2 Å². The van der Waals surface area contributed by atoms with E-state index in [0.29, 0.717) is 11.3 Å². The monoisotopic (exact) mass is 327 g/mol. The highest BCUT2D eigenvalue weighted by Gasteiger charge is 2.23. The number of rotatable bonds is 5. The Morgan fingerprint density at radius 1 is 1.32 bits per heavy atom. The van der Waals surface area contributed by atoms with E-state index in [1.807, 2.05) is 0 Å². The van der Waals surface area contributed by atoms with Crippen LogP contribution in [0.5, 0.6) is 0 Å². The lowest BCUT2D eigenvalue weighted by atomic mass is 10.1. The van der Waals surface area contributed by atoms with Gasteiger partial charge in [-0.1, -0.05) is 12.1 Å². The molecule has 6 nitrogen and oxygen atoms in total. The Morgan fingerprint density at radius 2 is 1.95 bits per heavy atom. The number of likely N-dealkylation sites (tertiary alicyclic amines) is 1. The highest BCUT2D eigenvalue weighted by Crippen LogP contribution is 2.20. The maximum atomic E-state index is 12.5. The molecule has 22 heavy (non-hydrogen) atoms. The van der Waals surface area contributed by atoms with Crippen LogP contribution in [0.2, 0.25) is 0 Å². The van der Waals surface area contributed by atoms with Crippen LogP contribution in [0, 0.1) is 0 Å². The lowest BCUT2D eigenvalue weighted by molar-refractivity contribution is -0.118. The van der Waals surface area contributed by atoms with Crippen LogP contribution >= 0.6 is 12.4 Å². The number of amides is 2. The zero-order valence-electron chi connectivity index (χ0n) is 12.6. The third kappa shape index (κ3) is 4.43. The summed E-state index contributed by atoms with van der Waals surface area (Å²) in [6.45, 7) is 1.67. The van der Waals surface area contributed by atoms with Crippen LogP contribution < -0.4 is 11.1 Å². The standard InChI is InChI=1S/C15H21N3O3.ClH/c1-21-10-12(16)14(19)17-13-7-3-2-6-11(13)15(20)18-8-4-5-9-18;/h2-3,6-7,12H,4-5,8-10,16H2,1H3,(H,17,19);1H. The Hall–Kier alpha value is -1.63. The number of hydrogen-bond acceptors (Lipinski definition) is 4. The van der Waals surface area contributed by atoms with Crippen molar-refractivity contribution in [2.75, 3.05) is 32.1 Å². The van der Waals surface area contributed by atoms with Gasteiger partial charge in [-0.15, -0.1) is 12.4 Å². The predicted octanol–water partition coefficient (Wildman–Crippen LogP) is 1.26. The second-order valence-corrected chi connectivity index (χ2v) is 5.10. The van der Waals surface area contributed by atoms with Crippen molar-refractivity contribution in [1.29, 1.82) is 0 Å². The summed E-state index contributed by atoms with van der Waals surface area (Å²) in [7, 11) is 1.48. The van der Waals surface area contributed by atoms with Crippen molar-refractivity contribution in [3.05, 3.63) is 29.8 Å². The summed E-state index contributed by atoms with van der Waals surface area (Å²) >= 11 is 0. The lowest BCUT2D eigenvalue weighted by Crippen LogP contribution is -2.39. The van der Waals surface area contributed by atoms with Gasteiger partial charge in [0.05, 0.1) is 17.9 Å². The average Bonchev–Trinajstić information content (AvgIpc) is 3.01. The fraction of sp³-hybridized carbons (Fsp3) is 0.467. The molecule has 0 saturated carbocycles. The zero-order valence-corrected chi connectivity index (χ0v) is 13.4. The first-order chi connectivity index (χ1) is 10.1. The molecule has 1 saturated heterocycles. The summed E-state index contributed by atoms with van der Waals surface area (Å²) in [5, 5.41) is 2.71. The molecule has 0 aliphatic carbocycles. The van der Waals surface area contributed by atoms with Gasteiger partial charge in [-0.3, -0.25) is 9.59 Å². The molecular formula is C15H22ClN3O3. The fourth-order valence-corrected chi connectivity index (χ4v) is 2.35. The molecule has 3 N–H and O–H groups in total. The molecular weight excluding hydrogens is 306 g/mol. The minimum Gasteiger partial charge on any atom is -0.383 e. The van der Waals surface area contributed by atoms with E-state index < -0.39 is 6.04 Å². The van der Waals surface area contributed by atoms with Crippen molar-refractivity contribution in [1.82, 2.24) is 4.90 Å². The van der Waals surface area contributed by atoms with Gasteiger partial charge in [0.2, 0.25) is 5.91 Å². The maximum absolute atomic E-state index is 12.5. The van der Waals surface area contributed by atoms with Crippen molar-refractivity contribution in [3.8, 4) is 0 Å². The van der Waals surface area contributed by atoms with E-state index >= 15 is 0 Å². The Bertz CT molecular complexity index is 519. The summed E-state index contributed by atoms with van der Waals surface area (Å²) in [6, 6.07) is 6.23. The van der Waals surface area contributed by atoms with Crippen molar-refractivity contribution in [2.45, 2.75) is 18.9 Å². The molecule has 122 valence electrons. The van der Waals surface area contributed by atoms with E-state index in [9.17, 15) is 9.59 Å². The lowest BCUT2D eigenvalue weighted by Gasteiger charge is -2.18. The SMILES string of the molecule is COCC(N)C(=O)Nc1ccccc1C(=O)N1CCCC1.Cl. The van der Waals surface area contributed by atoms with Gasteiger partial charge in [0.1, 0.15) is 6.04 Å². The Balaban J connectivity index is 0.00000242. The molecule has 1 aliphatic heterocycles. The van der Waals surface area contributed by atoms with Crippen LogP contribution in [0.25, 0.3) is 0 Å². The number of ether oxygens (including phenoxy) is 1. The second-order valence-electron chi connectivity index (χ2n) is 5.10. The molecule has 1 aromatic rings. The van der Waals surface area contributed by atoms with Gasteiger partial charge >= 0.3 is 0 Å². The van der Waals surface area contributed by atoms with Gasteiger partial charge in [0.25, 0.3) is 5.91 Å². The largest absolute Gasteiger partial charge is 0.383 e. The van der Waals surface area contributed by atoms with Crippen LogP contribution in [-0.2, 0) is 9.53 Å². The highest BCUT2D eigenvalue weighted by molar-refractivity contribution is 6.04. The van der Waals surface area contributed by atoms with E-state index in [-0.39, 0.29) is 30.8 Å². The van der Waals surface area contributed by atoms with Gasteiger partial charge in [-0.25, -0.2) is 0 Å². The first-order valence-corrected chi connectivity index (χ1v) is 7.07. The topological polar surface area (TPSA) is 84.7 Å². The van der Waals surface area contributed by atoms with E-state index in [2.05, 4.69) is 5.32 Å². The van der Waals surface area contributed by atoms with Crippen molar-refractivity contribution >= 4 is 29.9 Å². The Kier molecular flexibility index (Phi) is 7.31. The van der Waals surface area contributed by atoms with Crippen molar-refractivity contribution < 1.29 is 14.3 Å². The average molecular weight is 328 g/mol. The molecule has 0 bridgehead atoms. The van der Waals surface area contributed by atoms with Gasteiger partial charge < -0.3 is 20.7 Å². The number of hydrogen-bond donors (Lipinski definition) is 2. The molecule has 0 aromatic heterocycles. The molecule has 7 heteroatoms. The number of methoxy groups -OCH3 is 1. The smallest absolute Gasteiger partial charge is 0.255 e. The molecule has 1 aliphatic rings. The van der Waals surface area contributed by atoms with Crippen molar-refractivity contribution in [2.24, 2.45) is 5.73 Å². The molecule has 1 heterocycles. The Labute approximate surface area is 136 Å². The number of nitrogens with two attached hydrogens (primary N) is 1. The quantitative estimate of drug-likeness (QED) is 0.852. The molecule has 2 rings (SSSR count). The zero-order chi connectivity index (χ0) is 15.2. The van der Waals surface area contributed by atoms with Crippen LogP contribution in [-0.4, -0.2) is 49.6 Å². The van der Waals surface area contributed by atoms with E-state index in [1.165, 1.54) is 7.11 Å². The van der Waals surface area contributed by atoms with Crippen LogP contribution in [0.3, 0.4) is 0 Å². The number of carbonyl (C=O) groups is 2. The highest BCUT2D eigenvalue weighted by atomic mass is 35.5. The second kappa shape index (κ2) is 8.73. The first kappa shape index (κ1) is 18.4. The van der Waals surface area contributed by atoms with Crippen LogP contribution in [0.15, 0.2) is 24.3 Å². The van der Waals surface area contributed by atoms with Gasteiger partial charge in [0.15, 0.2) is 0 Å². The third-order valence-corrected chi connectivity index (χ3v) is 3.49. The predicted molar refractivity (Wildman–Crippen MR) is 87.3 cm³/mol. The number of carbonyl (C=O) groups excluding carboxylic acids is 2. The fourth-order valence-electron chi connectivity index (χ4n) is 2.35. The number of halogens is 1. The summed E-state index contributed by atoms with van der Waals surface area (Å²) in [5.41, 5.74) is 6.68. The molecule has 1 aromatic carbocycles. The van der Waals surface area contributed by atoms with Crippen LogP contribution in [0.1, 0.15) is 23.2 Å². The number of nitrogens with one attached hydrogen (secondary N) is 1.